The topological polar surface area (TPSA) is 106 Å². The van der Waals surface area contributed by atoms with Gasteiger partial charge in [-0.2, -0.15) is 5.10 Å². The van der Waals surface area contributed by atoms with E-state index in [-0.39, 0.29) is 17.9 Å². The number of aromatic amines is 1. The molecule has 0 saturated carbocycles. The molecule has 28 heavy (non-hydrogen) atoms. The standard InChI is InChI=1S/C20H21N5O3/c1-10(2)15-8-13(14-9-21-25(11(3)4)18(14)23-15)19(26)22-12-5-6-17-16(7-12)24-20(27)28-17/h5-11H,1-4H3,(H,22,26)(H,24,27). The Kier molecular flexibility index (Phi) is 4.26. The SMILES string of the molecule is CC(C)c1cc(C(=O)Nc2ccc3oc(=O)[nH]c3c2)c2cnn(C(C)C)c2n1. The van der Waals surface area contributed by atoms with Crippen molar-refractivity contribution in [3.05, 3.63) is 52.3 Å². The van der Waals surface area contributed by atoms with Crippen molar-refractivity contribution in [2.45, 2.75) is 39.7 Å². The van der Waals surface area contributed by atoms with Crippen LogP contribution in [0.1, 0.15) is 55.7 Å². The Labute approximate surface area is 160 Å². The number of aromatic nitrogens is 4. The monoisotopic (exact) mass is 379 g/mol. The fourth-order valence-corrected chi connectivity index (χ4v) is 3.13. The van der Waals surface area contributed by atoms with Crippen LogP contribution in [0.15, 0.2) is 39.7 Å². The number of rotatable bonds is 4. The van der Waals surface area contributed by atoms with Gasteiger partial charge in [0.15, 0.2) is 11.2 Å². The van der Waals surface area contributed by atoms with Crippen molar-refractivity contribution in [2.24, 2.45) is 0 Å². The van der Waals surface area contributed by atoms with Crippen molar-refractivity contribution in [3.8, 4) is 0 Å². The molecule has 0 spiro atoms. The lowest BCUT2D eigenvalue weighted by Gasteiger charge is -2.12. The van der Waals surface area contributed by atoms with Crippen molar-refractivity contribution in [2.75, 3.05) is 5.32 Å². The predicted octanol–water partition coefficient (Wildman–Crippen LogP) is 3.82. The second-order valence-corrected chi connectivity index (χ2v) is 7.35. The largest absolute Gasteiger partial charge is 0.417 e. The first-order valence-corrected chi connectivity index (χ1v) is 9.16. The Bertz CT molecular complexity index is 1250. The van der Waals surface area contributed by atoms with E-state index in [4.69, 9.17) is 9.40 Å². The van der Waals surface area contributed by atoms with Crippen LogP contribution in [0.5, 0.6) is 0 Å². The Morgan fingerprint density at radius 1 is 1.21 bits per heavy atom. The van der Waals surface area contributed by atoms with E-state index in [1.165, 1.54) is 0 Å². The lowest BCUT2D eigenvalue weighted by atomic mass is 10.0. The van der Waals surface area contributed by atoms with Gasteiger partial charge < -0.3 is 9.73 Å². The highest BCUT2D eigenvalue weighted by Gasteiger charge is 2.19. The molecule has 0 aliphatic carbocycles. The summed E-state index contributed by atoms with van der Waals surface area (Å²) < 4.78 is 6.81. The van der Waals surface area contributed by atoms with Gasteiger partial charge in [0, 0.05) is 17.4 Å². The maximum absolute atomic E-state index is 13.1. The number of oxazole rings is 1. The van der Waals surface area contributed by atoms with Crippen LogP contribution in [0.4, 0.5) is 5.69 Å². The number of nitrogens with zero attached hydrogens (tertiary/aromatic N) is 3. The van der Waals surface area contributed by atoms with Gasteiger partial charge >= 0.3 is 5.76 Å². The molecule has 1 amide bonds. The van der Waals surface area contributed by atoms with Gasteiger partial charge in [-0.05, 0) is 44.0 Å². The number of carbonyl (C=O) groups excluding carboxylic acids is 1. The highest BCUT2D eigenvalue weighted by Crippen LogP contribution is 2.25. The maximum atomic E-state index is 13.1. The normalized spacial score (nSPS) is 11.8. The van der Waals surface area contributed by atoms with E-state index in [9.17, 15) is 9.59 Å². The van der Waals surface area contributed by atoms with Crippen LogP contribution in [-0.2, 0) is 0 Å². The summed E-state index contributed by atoms with van der Waals surface area (Å²) >= 11 is 0. The maximum Gasteiger partial charge on any atom is 0.417 e. The number of anilines is 1. The fraction of sp³-hybridized carbons (Fsp3) is 0.300. The van der Waals surface area contributed by atoms with Gasteiger partial charge in [0.2, 0.25) is 0 Å². The molecule has 0 aliphatic rings. The molecule has 0 unspecified atom stereocenters. The van der Waals surface area contributed by atoms with Gasteiger partial charge in [0.25, 0.3) is 5.91 Å². The number of pyridine rings is 1. The Morgan fingerprint density at radius 3 is 2.71 bits per heavy atom. The molecule has 4 aromatic rings. The molecule has 3 aromatic heterocycles. The molecule has 0 saturated heterocycles. The second-order valence-electron chi connectivity index (χ2n) is 7.35. The van der Waals surface area contributed by atoms with Crippen LogP contribution in [0, 0.1) is 0 Å². The highest BCUT2D eigenvalue weighted by molar-refractivity contribution is 6.12. The molecule has 144 valence electrons. The summed E-state index contributed by atoms with van der Waals surface area (Å²) in [7, 11) is 0. The Balaban J connectivity index is 1.77. The summed E-state index contributed by atoms with van der Waals surface area (Å²) in [4.78, 5) is 31.7. The van der Waals surface area contributed by atoms with Gasteiger partial charge in [-0.15, -0.1) is 0 Å². The summed E-state index contributed by atoms with van der Waals surface area (Å²) in [6.07, 6.45) is 1.68. The minimum atomic E-state index is -0.531. The van der Waals surface area contributed by atoms with Gasteiger partial charge in [-0.1, -0.05) is 13.8 Å². The summed E-state index contributed by atoms with van der Waals surface area (Å²) in [5.41, 5.74) is 3.56. The minimum Gasteiger partial charge on any atom is -0.408 e. The average molecular weight is 379 g/mol. The molecule has 8 heteroatoms. The molecule has 4 rings (SSSR count). The number of carbonyl (C=O) groups is 1. The summed E-state index contributed by atoms with van der Waals surface area (Å²) in [5, 5.41) is 8.00. The van der Waals surface area contributed by atoms with E-state index in [1.54, 1.807) is 24.4 Å². The molecule has 0 aliphatic heterocycles. The second kappa shape index (κ2) is 6.63. The van der Waals surface area contributed by atoms with E-state index >= 15 is 0 Å². The first-order valence-electron chi connectivity index (χ1n) is 9.16. The minimum absolute atomic E-state index is 0.128. The highest BCUT2D eigenvalue weighted by atomic mass is 16.4. The molecular weight excluding hydrogens is 358 g/mol. The van der Waals surface area contributed by atoms with E-state index < -0.39 is 5.76 Å². The van der Waals surface area contributed by atoms with Crippen LogP contribution in [0.3, 0.4) is 0 Å². The molecule has 8 nitrogen and oxygen atoms in total. The number of H-pyrrole nitrogens is 1. The lowest BCUT2D eigenvalue weighted by molar-refractivity contribution is 0.102. The van der Waals surface area contributed by atoms with Crippen LogP contribution < -0.4 is 11.1 Å². The smallest absolute Gasteiger partial charge is 0.408 e. The zero-order valence-electron chi connectivity index (χ0n) is 16.1. The van der Waals surface area contributed by atoms with Crippen LogP contribution >= 0.6 is 0 Å². The fourth-order valence-electron chi connectivity index (χ4n) is 3.13. The number of hydrogen-bond acceptors (Lipinski definition) is 5. The van der Waals surface area contributed by atoms with Crippen molar-refractivity contribution in [1.82, 2.24) is 19.7 Å². The Morgan fingerprint density at radius 2 is 2.00 bits per heavy atom. The van der Waals surface area contributed by atoms with Gasteiger partial charge in [-0.25, -0.2) is 14.5 Å². The summed E-state index contributed by atoms with van der Waals surface area (Å²) in [6, 6.07) is 6.94. The zero-order chi connectivity index (χ0) is 20.0. The average Bonchev–Trinajstić information content (AvgIpc) is 3.22. The number of hydrogen-bond donors (Lipinski definition) is 2. The Hall–Kier alpha value is -3.42. The molecule has 1 aromatic carbocycles. The lowest BCUT2D eigenvalue weighted by Crippen LogP contribution is -2.14. The van der Waals surface area contributed by atoms with Gasteiger partial charge in [0.05, 0.1) is 22.7 Å². The van der Waals surface area contributed by atoms with E-state index in [1.807, 2.05) is 38.4 Å². The van der Waals surface area contributed by atoms with E-state index in [2.05, 4.69) is 15.4 Å². The summed E-state index contributed by atoms with van der Waals surface area (Å²) in [6.45, 7) is 8.12. The number of nitrogens with one attached hydrogen (secondary N) is 2. The molecular formula is C20H21N5O3. The third-order valence-electron chi connectivity index (χ3n) is 4.59. The molecule has 3 heterocycles. The van der Waals surface area contributed by atoms with Crippen molar-refractivity contribution < 1.29 is 9.21 Å². The van der Waals surface area contributed by atoms with Crippen LogP contribution in [-0.4, -0.2) is 25.7 Å². The van der Waals surface area contributed by atoms with Crippen LogP contribution in [0.2, 0.25) is 0 Å². The molecule has 0 bridgehead atoms. The molecule has 0 atom stereocenters. The molecule has 2 N–H and O–H groups in total. The van der Waals surface area contributed by atoms with Crippen molar-refractivity contribution >= 4 is 33.7 Å². The first kappa shape index (κ1) is 18.0. The quantitative estimate of drug-likeness (QED) is 0.561. The number of fused-ring (bicyclic) bond motifs is 2. The third-order valence-corrected chi connectivity index (χ3v) is 4.59. The molecule has 0 fully saturated rings. The molecule has 0 radical (unpaired) electrons. The van der Waals surface area contributed by atoms with E-state index in [0.29, 0.717) is 33.4 Å². The van der Waals surface area contributed by atoms with Crippen molar-refractivity contribution in [1.29, 1.82) is 0 Å². The number of benzene rings is 1. The van der Waals surface area contributed by atoms with Gasteiger partial charge in [0.1, 0.15) is 0 Å². The van der Waals surface area contributed by atoms with Gasteiger partial charge in [-0.3, -0.25) is 9.78 Å². The predicted molar refractivity (Wildman–Crippen MR) is 107 cm³/mol. The number of amides is 1. The van der Waals surface area contributed by atoms with E-state index in [0.717, 1.165) is 5.69 Å². The first-order chi connectivity index (χ1) is 13.3. The van der Waals surface area contributed by atoms with Crippen LogP contribution in [0.25, 0.3) is 22.1 Å². The van der Waals surface area contributed by atoms with Crippen molar-refractivity contribution in [3.63, 3.8) is 0 Å². The zero-order valence-corrected chi connectivity index (χ0v) is 16.1. The third kappa shape index (κ3) is 3.06. The summed E-state index contributed by atoms with van der Waals surface area (Å²) in [5.74, 6) is -0.626.